The van der Waals surface area contributed by atoms with Gasteiger partial charge in [-0.2, -0.15) is 0 Å². The number of anilines is 3. The average molecular weight is 457 g/mol. The van der Waals surface area contributed by atoms with Gasteiger partial charge in [0.15, 0.2) is 17.3 Å². The Bertz CT molecular complexity index is 1360. The maximum Gasteiger partial charge on any atom is 0.332 e. The molecule has 2 aromatic heterocycles. The number of urea groups is 1. The van der Waals surface area contributed by atoms with Crippen LogP contribution >= 0.6 is 22.9 Å². The quantitative estimate of drug-likeness (QED) is 0.416. The summed E-state index contributed by atoms with van der Waals surface area (Å²) >= 11 is 7.35. The summed E-state index contributed by atoms with van der Waals surface area (Å²) in [6, 6.07) is 9.16. The Morgan fingerprint density at radius 3 is 2.65 bits per heavy atom. The van der Waals surface area contributed by atoms with E-state index in [4.69, 9.17) is 21.1 Å². The fraction of sp³-hybridized carbons (Fsp3) is 0.0952. The van der Waals surface area contributed by atoms with Gasteiger partial charge in [0.05, 0.1) is 40.9 Å². The maximum absolute atomic E-state index is 13.6. The van der Waals surface area contributed by atoms with Crippen molar-refractivity contribution in [2.24, 2.45) is 0 Å². The molecule has 0 fully saturated rings. The molecule has 0 unspecified atom stereocenters. The molecule has 10 heteroatoms. The first kappa shape index (κ1) is 19.5. The number of thiophene rings is 1. The lowest BCUT2D eigenvalue weighted by atomic mass is 10.1. The van der Waals surface area contributed by atoms with Crippen molar-refractivity contribution < 1.29 is 18.7 Å². The molecule has 1 aliphatic rings. The summed E-state index contributed by atoms with van der Waals surface area (Å²) in [5.41, 5.74) is 1.84. The van der Waals surface area contributed by atoms with E-state index in [0.717, 1.165) is 10.4 Å². The summed E-state index contributed by atoms with van der Waals surface area (Å²) < 4.78 is 24.4. The van der Waals surface area contributed by atoms with Crippen LogP contribution in [0, 0.1) is 5.82 Å². The van der Waals surface area contributed by atoms with Crippen molar-refractivity contribution in [2.45, 2.75) is 0 Å². The largest absolute Gasteiger partial charge is 0.493 e. The normalized spacial score (nSPS) is 12.8. The van der Waals surface area contributed by atoms with Crippen molar-refractivity contribution in [3.8, 4) is 21.9 Å². The minimum absolute atomic E-state index is 0.0854. The van der Waals surface area contributed by atoms with Crippen LogP contribution in [0.25, 0.3) is 20.7 Å². The van der Waals surface area contributed by atoms with E-state index < -0.39 is 11.8 Å². The molecule has 0 spiro atoms. The maximum atomic E-state index is 13.6. The number of methoxy groups -OCH3 is 2. The fourth-order valence-corrected chi connectivity index (χ4v) is 4.77. The highest BCUT2D eigenvalue weighted by molar-refractivity contribution is 7.22. The number of ether oxygens (including phenoxy) is 2. The number of halogens is 2. The number of benzene rings is 2. The highest BCUT2D eigenvalue weighted by Crippen LogP contribution is 2.49. The van der Waals surface area contributed by atoms with Crippen molar-refractivity contribution in [3.63, 3.8) is 0 Å². The summed E-state index contributed by atoms with van der Waals surface area (Å²) in [5, 5.41) is 3.54. The summed E-state index contributed by atoms with van der Waals surface area (Å²) in [4.78, 5) is 24.7. The number of hydrogen-bond donors (Lipinski definition) is 1. The molecular weight excluding hydrogens is 443 g/mol. The number of amides is 2. The van der Waals surface area contributed by atoms with Gasteiger partial charge in [0, 0.05) is 0 Å². The lowest BCUT2D eigenvalue weighted by Gasteiger charge is -2.27. The zero-order valence-corrected chi connectivity index (χ0v) is 17.8. The van der Waals surface area contributed by atoms with Crippen molar-refractivity contribution >= 4 is 56.4 Å². The minimum atomic E-state index is -0.567. The molecule has 0 bridgehead atoms. The highest BCUT2D eigenvalue weighted by Gasteiger charge is 2.32. The number of carbonyl (C=O) groups is 1. The van der Waals surface area contributed by atoms with Crippen molar-refractivity contribution in [3.05, 3.63) is 53.6 Å². The van der Waals surface area contributed by atoms with Crippen LogP contribution in [-0.4, -0.2) is 30.2 Å². The van der Waals surface area contributed by atoms with E-state index in [0.29, 0.717) is 38.9 Å². The summed E-state index contributed by atoms with van der Waals surface area (Å²) in [6.07, 6.45) is 1.40. The summed E-state index contributed by atoms with van der Waals surface area (Å²) in [6.45, 7) is 0. The van der Waals surface area contributed by atoms with Crippen LogP contribution in [-0.2, 0) is 0 Å². The van der Waals surface area contributed by atoms with Crippen LogP contribution in [0.5, 0.6) is 11.5 Å². The molecule has 156 valence electrons. The van der Waals surface area contributed by atoms with Crippen molar-refractivity contribution in [1.29, 1.82) is 0 Å². The van der Waals surface area contributed by atoms with Gasteiger partial charge >= 0.3 is 6.03 Å². The highest BCUT2D eigenvalue weighted by atomic mass is 35.5. The smallest absolute Gasteiger partial charge is 0.332 e. The van der Waals surface area contributed by atoms with E-state index in [-0.39, 0.29) is 5.02 Å². The SMILES string of the molecule is COc1ccc(-c2sc3ncnc4c3c2NC(=O)N4c2ccc(F)c(Cl)c2)cc1OC. The number of nitrogens with zero attached hydrogens (tertiary/aromatic N) is 3. The minimum Gasteiger partial charge on any atom is -0.493 e. The third-order valence-electron chi connectivity index (χ3n) is 4.92. The molecule has 0 aliphatic carbocycles. The van der Waals surface area contributed by atoms with Crippen molar-refractivity contribution in [2.75, 3.05) is 24.4 Å². The first-order chi connectivity index (χ1) is 15.0. The van der Waals surface area contributed by atoms with Crippen LogP contribution in [0.2, 0.25) is 5.02 Å². The molecule has 0 atom stereocenters. The van der Waals surface area contributed by atoms with E-state index >= 15 is 0 Å². The molecule has 4 aromatic rings. The van der Waals surface area contributed by atoms with Gasteiger partial charge in [0.25, 0.3) is 0 Å². The van der Waals surface area contributed by atoms with Crippen LogP contribution in [0.1, 0.15) is 0 Å². The molecule has 0 radical (unpaired) electrons. The Morgan fingerprint density at radius 1 is 1.10 bits per heavy atom. The zero-order valence-electron chi connectivity index (χ0n) is 16.3. The van der Waals surface area contributed by atoms with Crippen LogP contribution in [0.4, 0.5) is 26.4 Å². The second kappa shape index (κ2) is 7.36. The van der Waals surface area contributed by atoms with E-state index in [1.807, 2.05) is 12.1 Å². The van der Waals surface area contributed by atoms with E-state index in [1.54, 1.807) is 20.3 Å². The van der Waals surface area contributed by atoms with Gasteiger partial charge in [-0.25, -0.2) is 24.1 Å². The Kier molecular flexibility index (Phi) is 4.64. The number of rotatable bonds is 4. The molecular formula is C21H14ClFN4O3S. The molecule has 7 nitrogen and oxygen atoms in total. The lowest BCUT2D eigenvalue weighted by Crippen LogP contribution is -2.34. The first-order valence-corrected chi connectivity index (χ1v) is 10.3. The van der Waals surface area contributed by atoms with Crippen molar-refractivity contribution in [1.82, 2.24) is 9.97 Å². The Hall–Kier alpha value is -3.43. The molecule has 0 saturated carbocycles. The Balaban J connectivity index is 1.71. The lowest BCUT2D eigenvalue weighted by molar-refractivity contribution is 0.258. The third-order valence-corrected chi connectivity index (χ3v) is 6.36. The van der Waals surface area contributed by atoms with Gasteiger partial charge in [0.2, 0.25) is 0 Å². The standard InChI is InChI=1S/C21H14ClFN4O3S/c1-29-14-6-3-10(7-15(14)30-2)18-17-16-19(24-9-25-20(16)31-18)27(21(28)26-17)11-4-5-13(23)12(22)8-11/h3-9H,1-2H3,(H,26,28). The molecule has 1 aliphatic heterocycles. The Labute approximate surface area is 185 Å². The van der Waals surface area contributed by atoms with E-state index in [2.05, 4.69) is 15.3 Å². The van der Waals surface area contributed by atoms with Gasteiger partial charge in [-0.15, -0.1) is 11.3 Å². The summed E-state index contributed by atoms with van der Waals surface area (Å²) in [7, 11) is 3.13. The average Bonchev–Trinajstić information content (AvgIpc) is 3.15. The van der Waals surface area contributed by atoms with Gasteiger partial charge in [-0.1, -0.05) is 11.6 Å². The predicted octanol–water partition coefficient (Wildman–Crippen LogP) is 5.85. The summed E-state index contributed by atoms with van der Waals surface area (Å²) in [5.74, 6) is 1.00. The van der Waals surface area contributed by atoms with E-state index in [1.165, 1.54) is 40.8 Å². The molecule has 31 heavy (non-hydrogen) atoms. The molecule has 2 amide bonds. The van der Waals surface area contributed by atoms with Gasteiger partial charge < -0.3 is 14.8 Å². The van der Waals surface area contributed by atoms with Gasteiger partial charge in [-0.3, -0.25) is 0 Å². The molecule has 1 N–H and O–H groups in total. The monoisotopic (exact) mass is 456 g/mol. The number of aromatic nitrogens is 2. The molecule has 2 aromatic carbocycles. The fourth-order valence-electron chi connectivity index (χ4n) is 3.51. The van der Waals surface area contributed by atoms with Gasteiger partial charge in [-0.05, 0) is 42.0 Å². The van der Waals surface area contributed by atoms with Crippen LogP contribution < -0.4 is 19.7 Å². The second-order valence-electron chi connectivity index (χ2n) is 6.62. The second-order valence-corrected chi connectivity index (χ2v) is 8.02. The predicted molar refractivity (Wildman–Crippen MR) is 119 cm³/mol. The topological polar surface area (TPSA) is 76.6 Å². The van der Waals surface area contributed by atoms with Crippen LogP contribution in [0.3, 0.4) is 0 Å². The number of hydrogen-bond acceptors (Lipinski definition) is 6. The Morgan fingerprint density at radius 2 is 1.90 bits per heavy atom. The van der Waals surface area contributed by atoms with E-state index in [9.17, 15) is 9.18 Å². The molecule has 5 rings (SSSR count). The number of carbonyl (C=O) groups excluding carboxylic acids is 1. The molecule has 3 heterocycles. The third kappa shape index (κ3) is 3.05. The van der Waals surface area contributed by atoms with Crippen LogP contribution in [0.15, 0.2) is 42.7 Å². The first-order valence-electron chi connectivity index (χ1n) is 9.08. The molecule has 0 saturated heterocycles. The zero-order chi connectivity index (χ0) is 21.7. The number of nitrogens with one attached hydrogen (secondary N) is 1. The van der Waals surface area contributed by atoms with Gasteiger partial charge in [0.1, 0.15) is 17.0 Å².